The third kappa shape index (κ3) is 3.86. The quantitative estimate of drug-likeness (QED) is 0.791. The van der Waals surface area contributed by atoms with Crippen LogP contribution in [0.25, 0.3) is 5.69 Å². The molecule has 3 heterocycles. The first-order chi connectivity index (χ1) is 12.1. The first kappa shape index (κ1) is 21.7. The highest BCUT2D eigenvalue weighted by atomic mass is 35.5. The van der Waals surface area contributed by atoms with E-state index in [-0.39, 0.29) is 36.1 Å². The van der Waals surface area contributed by atoms with Gasteiger partial charge in [-0.25, -0.2) is 4.98 Å². The van der Waals surface area contributed by atoms with E-state index in [9.17, 15) is 4.79 Å². The van der Waals surface area contributed by atoms with E-state index in [1.165, 1.54) is 6.42 Å². The number of benzene rings is 1. The minimum atomic E-state index is -0.212. The van der Waals surface area contributed by atoms with Crippen LogP contribution in [0.3, 0.4) is 0 Å². The average molecular weight is 411 g/mol. The van der Waals surface area contributed by atoms with Crippen LogP contribution in [0.1, 0.15) is 44.0 Å². The van der Waals surface area contributed by atoms with Crippen LogP contribution in [0.15, 0.2) is 36.7 Å². The molecule has 1 aromatic heterocycles. The van der Waals surface area contributed by atoms with Gasteiger partial charge in [-0.3, -0.25) is 4.79 Å². The lowest BCUT2D eigenvalue weighted by Gasteiger charge is -2.34. The molecule has 2 saturated heterocycles. The molecule has 0 unspecified atom stereocenters. The van der Waals surface area contributed by atoms with E-state index in [0.717, 1.165) is 36.3 Å². The summed E-state index contributed by atoms with van der Waals surface area (Å²) in [5.41, 5.74) is 2.00. The number of hydrogen-bond donors (Lipinski definition) is 2. The van der Waals surface area contributed by atoms with E-state index >= 15 is 0 Å². The van der Waals surface area contributed by atoms with Crippen LogP contribution in [-0.4, -0.2) is 27.5 Å². The Morgan fingerprint density at radius 1 is 1.30 bits per heavy atom. The van der Waals surface area contributed by atoms with Gasteiger partial charge in [0.15, 0.2) is 0 Å². The van der Waals surface area contributed by atoms with Crippen molar-refractivity contribution in [1.29, 1.82) is 0 Å². The maximum absolute atomic E-state index is 12.9. The number of carbonyl (C=O) groups excluding carboxylic acids is 1. The second-order valence-electron chi connectivity index (χ2n) is 7.40. The van der Waals surface area contributed by atoms with Crippen LogP contribution in [0.2, 0.25) is 0 Å². The zero-order valence-corrected chi connectivity index (χ0v) is 17.4. The monoisotopic (exact) mass is 410 g/mol. The first-order valence-electron chi connectivity index (χ1n) is 9.26. The SMILES string of the molecule is CC[C@@]1(C(=O)NCc2ccc(-n3ccnc3C)cc2)C[C@@H]2CC[C@H]1N2.Cl.Cl. The Bertz CT molecular complexity index is 777. The number of hydrogen-bond acceptors (Lipinski definition) is 3. The van der Waals surface area contributed by atoms with Crippen molar-refractivity contribution in [3.05, 3.63) is 48.0 Å². The highest BCUT2D eigenvalue weighted by Gasteiger charge is 2.54. The van der Waals surface area contributed by atoms with Crippen molar-refractivity contribution in [3.8, 4) is 5.69 Å². The molecule has 0 saturated carbocycles. The van der Waals surface area contributed by atoms with Crippen molar-refractivity contribution >= 4 is 30.7 Å². The van der Waals surface area contributed by atoms with Crippen molar-refractivity contribution < 1.29 is 4.79 Å². The third-order valence-corrected chi connectivity index (χ3v) is 6.09. The number of aryl methyl sites for hydroxylation is 1. The minimum Gasteiger partial charge on any atom is -0.351 e. The van der Waals surface area contributed by atoms with E-state index in [4.69, 9.17) is 0 Å². The smallest absolute Gasteiger partial charge is 0.228 e. The van der Waals surface area contributed by atoms with Crippen LogP contribution in [0, 0.1) is 12.3 Å². The molecule has 3 atom stereocenters. The highest BCUT2D eigenvalue weighted by molar-refractivity contribution is 5.85. The van der Waals surface area contributed by atoms with Gasteiger partial charge >= 0.3 is 0 Å². The van der Waals surface area contributed by atoms with E-state index in [1.54, 1.807) is 6.20 Å². The number of halogens is 2. The number of nitrogens with one attached hydrogen (secondary N) is 2. The molecule has 5 nitrogen and oxygen atoms in total. The Kier molecular flexibility index (Phi) is 6.95. The molecule has 0 aliphatic carbocycles. The molecule has 2 aliphatic rings. The number of nitrogens with zero attached hydrogens (tertiary/aromatic N) is 2. The normalized spacial score (nSPS) is 25.6. The second-order valence-corrected chi connectivity index (χ2v) is 7.40. The molecule has 2 aliphatic heterocycles. The molecule has 0 spiro atoms. The molecule has 1 amide bonds. The van der Waals surface area contributed by atoms with Gasteiger partial charge in [-0.2, -0.15) is 0 Å². The molecule has 4 rings (SSSR count). The zero-order valence-electron chi connectivity index (χ0n) is 15.8. The lowest BCUT2D eigenvalue weighted by molar-refractivity contribution is -0.132. The highest BCUT2D eigenvalue weighted by Crippen LogP contribution is 2.45. The van der Waals surface area contributed by atoms with Crippen molar-refractivity contribution in [2.45, 2.75) is 58.2 Å². The molecule has 2 N–H and O–H groups in total. The Balaban J connectivity index is 0.00000131. The maximum Gasteiger partial charge on any atom is 0.228 e. The predicted molar refractivity (Wildman–Crippen MR) is 112 cm³/mol. The van der Waals surface area contributed by atoms with Gasteiger partial charge in [-0.15, -0.1) is 24.8 Å². The van der Waals surface area contributed by atoms with Gasteiger partial charge in [-0.1, -0.05) is 19.1 Å². The Morgan fingerprint density at radius 3 is 2.56 bits per heavy atom. The van der Waals surface area contributed by atoms with Gasteiger partial charge in [0.1, 0.15) is 5.82 Å². The molecule has 27 heavy (non-hydrogen) atoms. The molecule has 1 aromatic carbocycles. The summed E-state index contributed by atoms with van der Waals surface area (Å²) in [5, 5.41) is 6.79. The number of amides is 1. The summed E-state index contributed by atoms with van der Waals surface area (Å²) < 4.78 is 2.05. The zero-order chi connectivity index (χ0) is 17.4. The summed E-state index contributed by atoms with van der Waals surface area (Å²) in [5.74, 6) is 1.18. The summed E-state index contributed by atoms with van der Waals surface area (Å²) >= 11 is 0. The molecule has 2 fully saturated rings. The van der Waals surface area contributed by atoms with Gasteiger partial charge in [0, 0.05) is 36.7 Å². The van der Waals surface area contributed by atoms with Crippen molar-refractivity contribution in [1.82, 2.24) is 20.2 Å². The molecule has 7 heteroatoms. The fourth-order valence-corrected chi connectivity index (χ4v) is 4.58. The number of carbonyl (C=O) groups is 1. The second kappa shape index (κ2) is 8.63. The fraction of sp³-hybridized carbons (Fsp3) is 0.500. The molecular weight excluding hydrogens is 383 g/mol. The number of aromatic nitrogens is 2. The summed E-state index contributed by atoms with van der Waals surface area (Å²) in [6, 6.07) is 9.19. The van der Waals surface area contributed by atoms with E-state index in [1.807, 2.05) is 13.1 Å². The Hall–Kier alpha value is -1.56. The van der Waals surface area contributed by atoms with Crippen LogP contribution in [0.5, 0.6) is 0 Å². The first-order valence-corrected chi connectivity index (χ1v) is 9.26. The molecule has 2 bridgehead atoms. The minimum absolute atomic E-state index is 0. The maximum atomic E-state index is 12.9. The van der Waals surface area contributed by atoms with E-state index in [0.29, 0.717) is 18.6 Å². The van der Waals surface area contributed by atoms with E-state index in [2.05, 4.69) is 51.4 Å². The summed E-state index contributed by atoms with van der Waals surface area (Å²) in [6.07, 6.45) is 8.00. The number of imidazole rings is 1. The Labute approximate surface area is 173 Å². The van der Waals surface area contributed by atoms with Crippen LogP contribution in [0.4, 0.5) is 0 Å². The summed E-state index contributed by atoms with van der Waals surface area (Å²) in [7, 11) is 0. The molecular formula is C20H28Cl2N4O. The standard InChI is InChI=1S/C20H26N4O.2ClH/c1-3-20(12-16-6-9-18(20)23-16)19(25)22-13-15-4-7-17(8-5-15)24-11-10-21-14(24)2;;/h4-5,7-8,10-11,16,18,23H,3,6,9,12-13H2,1-2H3,(H,22,25);2*1H/t16-,18+,20+;;/m0../s1. The van der Waals surface area contributed by atoms with Gasteiger partial charge in [0.05, 0.1) is 5.41 Å². The Morgan fingerprint density at radius 2 is 2.04 bits per heavy atom. The van der Waals surface area contributed by atoms with E-state index < -0.39 is 0 Å². The average Bonchev–Trinajstić information content (AvgIpc) is 3.36. The predicted octanol–water partition coefficient (Wildman–Crippen LogP) is 3.56. The number of fused-ring (bicyclic) bond motifs is 2. The van der Waals surface area contributed by atoms with Gasteiger partial charge < -0.3 is 15.2 Å². The topological polar surface area (TPSA) is 59.0 Å². The van der Waals surface area contributed by atoms with Crippen molar-refractivity contribution in [3.63, 3.8) is 0 Å². The van der Waals surface area contributed by atoms with Crippen LogP contribution in [-0.2, 0) is 11.3 Å². The fourth-order valence-electron chi connectivity index (χ4n) is 4.58. The van der Waals surface area contributed by atoms with Crippen LogP contribution >= 0.6 is 24.8 Å². The number of rotatable bonds is 5. The molecule has 148 valence electrons. The molecule has 0 radical (unpaired) electrons. The van der Waals surface area contributed by atoms with Gasteiger partial charge in [0.25, 0.3) is 0 Å². The molecule has 2 aromatic rings. The van der Waals surface area contributed by atoms with Gasteiger partial charge in [0.2, 0.25) is 5.91 Å². The van der Waals surface area contributed by atoms with Crippen molar-refractivity contribution in [2.75, 3.05) is 0 Å². The lowest BCUT2D eigenvalue weighted by atomic mass is 9.71. The lowest BCUT2D eigenvalue weighted by Crippen LogP contribution is -2.47. The third-order valence-electron chi connectivity index (χ3n) is 6.09. The van der Waals surface area contributed by atoms with Crippen LogP contribution < -0.4 is 10.6 Å². The van der Waals surface area contributed by atoms with Gasteiger partial charge in [-0.05, 0) is 50.3 Å². The summed E-state index contributed by atoms with van der Waals surface area (Å²) in [6.45, 7) is 4.72. The van der Waals surface area contributed by atoms with Crippen molar-refractivity contribution in [2.24, 2.45) is 5.41 Å². The largest absolute Gasteiger partial charge is 0.351 e. The summed E-state index contributed by atoms with van der Waals surface area (Å²) in [4.78, 5) is 17.2.